The Morgan fingerprint density at radius 2 is 1.22 bits per heavy atom. The number of alkyl halides is 2. The largest absolute Gasteiger partial charge is 0.707 e. The molecule has 1 rings (SSSR count). The SMILES string of the molecule is OB(O)Oc1c(F)c(F)c(OC(F)F)c(F)c1F. The summed E-state index contributed by atoms with van der Waals surface area (Å²) in [4.78, 5) is 0. The maximum absolute atomic E-state index is 13.1. The summed E-state index contributed by atoms with van der Waals surface area (Å²) in [5.41, 5.74) is 0. The Kier molecular flexibility index (Phi) is 4.30. The van der Waals surface area contributed by atoms with Gasteiger partial charge in [-0.25, -0.2) is 0 Å². The average Bonchev–Trinajstić information content (AvgIpc) is 2.27. The highest BCUT2D eigenvalue weighted by Crippen LogP contribution is 2.35. The summed E-state index contributed by atoms with van der Waals surface area (Å²) >= 11 is 0. The van der Waals surface area contributed by atoms with E-state index in [0.717, 1.165) is 0 Å². The van der Waals surface area contributed by atoms with Crippen molar-refractivity contribution in [3.63, 3.8) is 0 Å². The Morgan fingerprint density at radius 3 is 1.56 bits per heavy atom. The third-order valence-electron chi connectivity index (χ3n) is 1.61. The lowest BCUT2D eigenvalue weighted by Crippen LogP contribution is -2.23. The Hall–Kier alpha value is -1.62. The standard InChI is InChI=1S/C7H3BF6O4/c9-1-3(11)6(18-8(15)16)4(12)2(10)5(1)17-7(13)14/h7,15-16H. The highest BCUT2D eigenvalue weighted by molar-refractivity contribution is 6.33. The van der Waals surface area contributed by atoms with Gasteiger partial charge in [-0.1, -0.05) is 0 Å². The van der Waals surface area contributed by atoms with Crippen molar-refractivity contribution in [3.05, 3.63) is 23.3 Å². The van der Waals surface area contributed by atoms with E-state index >= 15 is 0 Å². The first-order chi connectivity index (χ1) is 8.25. The molecule has 18 heavy (non-hydrogen) atoms. The van der Waals surface area contributed by atoms with Crippen LogP contribution in [0.15, 0.2) is 0 Å². The molecule has 0 amide bonds. The van der Waals surface area contributed by atoms with Crippen LogP contribution in [0.25, 0.3) is 0 Å². The van der Waals surface area contributed by atoms with E-state index in [-0.39, 0.29) is 0 Å². The van der Waals surface area contributed by atoms with Crippen LogP contribution in [0.5, 0.6) is 11.5 Å². The van der Waals surface area contributed by atoms with Gasteiger partial charge >= 0.3 is 13.9 Å². The lowest BCUT2D eigenvalue weighted by atomic mass is 10.2. The number of rotatable bonds is 4. The first-order valence-electron chi connectivity index (χ1n) is 4.09. The quantitative estimate of drug-likeness (QED) is 0.492. The van der Waals surface area contributed by atoms with Crippen molar-refractivity contribution in [2.75, 3.05) is 0 Å². The molecule has 0 saturated carbocycles. The first kappa shape index (κ1) is 14.4. The third-order valence-corrected chi connectivity index (χ3v) is 1.61. The predicted octanol–water partition coefficient (Wildman–Crippen LogP) is 1.19. The van der Waals surface area contributed by atoms with E-state index in [1.807, 2.05) is 0 Å². The van der Waals surface area contributed by atoms with Crippen LogP contribution in [0, 0.1) is 23.3 Å². The fraction of sp³-hybridized carbons (Fsp3) is 0.143. The van der Waals surface area contributed by atoms with Crippen LogP contribution in [0.2, 0.25) is 0 Å². The number of benzene rings is 1. The molecule has 0 saturated heterocycles. The minimum Gasteiger partial charge on any atom is -0.507 e. The summed E-state index contributed by atoms with van der Waals surface area (Å²) in [7, 11) is -2.77. The second kappa shape index (κ2) is 5.35. The maximum Gasteiger partial charge on any atom is 0.707 e. The van der Waals surface area contributed by atoms with Gasteiger partial charge in [-0.15, -0.1) is 0 Å². The molecule has 1 aromatic carbocycles. The lowest BCUT2D eigenvalue weighted by molar-refractivity contribution is -0.0555. The van der Waals surface area contributed by atoms with Crippen molar-refractivity contribution in [1.82, 2.24) is 0 Å². The molecule has 0 aromatic heterocycles. The molecule has 1 aromatic rings. The number of hydrogen-bond donors (Lipinski definition) is 2. The summed E-state index contributed by atoms with van der Waals surface area (Å²) in [6.07, 6.45) is 0. The molecule has 0 aliphatic rings. The van der Waals surface area contributed by atoms with Crippen molar-refractivity contribution in [1.29, 1.82) is 0 Å². The first-order valence-corrected chi connectivity index (χ1v) is 4.09. The van der Waals surface area contributed by atoms with E-state index in [4.69, 9.17) is 10.0 Å². The molecule has 0 radical (unpaired) electrons. The minimum absolute atomic E-state index is 1.82. The van der Waals surface area contributed by atoms with Crippen LogP contribution in [0.3, 0.4) is 0 Å². The summed E-state index contributed by atoms with van der Waals surface area (Å²) in [6, 6.07) is 0. The van der Waals surface area contributed by atoms with Gasteiger partial charge < -0.3 is 19.4 Å². The normalized spacial score (nSPS) is 10.7. The fourth-order valence-electron chi connectivity index (χ4n) is 0.993. The number of hydrogen-bond acceptors (Lipinski definition) is 4. The Labute approximate surface area is 95.5 Å². The second-order valence-corrected chi connectivity index (χ2v) is 2.74. The van der Waals surface area contributed by atoms with E-state index in [1.54, 1.807) is 0 Å². The molecule has 100 valence electrons. The van der Waals surface area contributed by atoms with Crippen LogP contribution < -0.4 is 9.39 Å². The highest BCUT2D eigenvalue weighted by atomic mass is 19.3. The molecular formula is C7H3BF6O4. The van der Waals surface area contributed by atoms with Crippen molar-refractivity contribution >= 4 is 7.32 Å². The molecule has 0 bridgehead atoms. The molecule has 11 heteroatoms. The zero-order chi connectivity index (χ0) is 14.0. The maximum atomic E-state index is 13.1. The van der Waals surface area contributed by atoms with Gasteiger partial charge in [0.05, 0.1) is 0 Å². The van der Waals surface area contributed by atoms with Crippen LogP contribution >= 0.6 is 0 Å². The minimum atomic E-state index is -3.72. The molecule has 0 aliphatic heterocycles. The molecule has 0 aliphatic carbocycles. The zero-order valence-corrected chi connectivity index (χ0v) is 8.13. The fourth-order valence-corrected chi connectivity index (χ4v) is 0.993. The predicted molar refractivity (Wildman–Crippen MR) is 43.7 cm³/mol. The van der Waals surface area contributed by atoms with Crippen molar-refractivity contribution in [2.45, 2.75) is 6.61 Å². The van der Waals surface area contributed by atoms with Crippen molar-refractivity contribution in [2.24, 2.45) is 0 Å². The van der Waals surface area contributed by atoms with Crippen LogP contribution in [-0.4, -0.2) is 24.0 Å². The molecule has 0 atom stereocenters. The smallest absolute Gasteiger partial charge is 0.507 e. The van der Waals surface area contributed by atoms with E-state index in [0.29, 0.717) is 0 Å². The van der Waals surface area contributed by atoms with Gasteiger partial charge in [0.1, 0.15) is 0 Å². The average molecular weight is 276 g/mol. The third kappa shape index (κ3) is 2.79. The topological polar surface area (TPSA) is 58.9 Å². The number of ether oxygens (including phenoxy) is 1. The lowest BCUT2D eigenvalue weighted by Gasteiger charge is -2.12. The molecular weight excluding hydrogens is 273 g/mol. The van der Waals surface area contributed by atoms with Crippen LogP contribution in [0.1, 0.15) is 0 Å². The van der Waals surface area contributed by atoms with Gasteiger partial charge in [0.25, 0.3) is 0 Å². The van der Waals surface area contributed by atoms with E-state index in [9.17, 15) is 26.3 Å². The van der Waals surface area contributed by atoms with Gasteiger partial charge in [-0.3, -0.25) is 0 Å². The van der Waals surface area contributed by atoms with E-state index in [1.165, 1.54) is 0 Å². The zero-order valence-electron chi connectivity index (χ0n) is 8.13. The van der Waals surface area contributed by atoms with Gasteiger partial charge in [-0.2, -0.15) is 26.3 Å². The molecule has 0 heterocycles. The van der Waals surface area contributed by atoms with E-state index in [2.05, 4.69) is 9.39 Å². The summed E-state index contributed by atoms with van der Waals surface area (Å²) < 4.78 is 82.6. The Balaban J connectivity index is 3.35. The van der Waals surface area contributed by atoms with Crippen molar-refractivity contribution in [3.8, 4) is 11.5 Å². The van der Waals surface area contributed by atoms with E-state index < -0.39 is 48.7 Å². The highest BCUT2D eigenvalue weighted by Gasteiger charge is 2.31. The summed E-state index contributed by atoms with van der Waals surface area (Å²) in [5, 5.41) is 16.5. The summed E-state index contributed by atoms with van der Waals surface area (Å²) in [6.45, 7) is -3.72. The van der Waals surface area contributed by atoms with Gasteiger partial charge in [0.15, 0.2) is 5.75 Å². The molecule has 0 fully saturated rings. The van der Waals surface area contributed by atoms with Gasteiger partial charge in [0, 0.05) is 0 Å². The second-order valence-electron chi connectivity index (χ2n) is 2.74. The van der Waals surface area contributed by atoms with Crippen LogP contribution in [-0.2, 0) is 0 Å². The number of halogens is 6. The van der Waals surface area contributed by atoms with Crippen LogP contribution in [0.4, 0.5) is 26.3 Å². The Bertz CT molecular complexity index is 384. The monoisotopic (exact) mass is 276 g/mol. The van der Waals surface area contributed by atoms with Gasteiger partial charge in [0.2, 0.25) is 29.0 Å². The molecule has 0 spiro atoms. The Morgan fingerprint density at radius 1 is 0.833 bits per heavy atom. The van der Waals surface area contributed by atoms with Gasteiger partial charge in [-0.05, 0) is 0 Å². The summed E-state index contributed by atoms with van der Waals surface area (Å²) in [5.74, 6) is -12.9. The molecule has 2 N–H and O–H groups in total. The molecule has 0 unspecified atom stereocenters. The van der Waals surface area contributed by atoms with Crippen molar-refractivity contribution < 1.29 is 45.8 Å². The molecule has 4 nitrogen and oxygen atoms in total.